The zero-order chi connectivity index (χ0) is 24.4. The first-order valence-corrected chi connectivity index (χ1v) is 8.92. The quantitative estimate of drug-likeness (QED) is 0.248. The molecule has 32 heavy (non-hydrogen) atoms. The summed E-state index contributed by atoms with van der Waals surface area (Å²) in [6.45, 7) is 9.92. The lowest BCUT2D eigenvalue weighted by Crippen LogP contribution is -2.27. The third-order valence-corrected chi connectivity index (χ3v) is 3.63. The fraction of sp³-hybridized carbons (Fsp3) is 0.0909. The fourth-order valence-electron chi connectivity index (χ4n) is 1.94. The van der Waals surface area contributed by atoms with E-state index in [0.29, 0.717) is 11.3 Å². The van der Waals surface area contributed by atoms with Crippen molar-refractivity contribution in [3.8, 4) is 11.5 Å². The summed E-state index contributed by atoms with van der Waals surface area (Å²) in [5.41, 5.74) is 2.68. The first kappa shape index (κ1) is 25.4. The molecule has 0 aromatic heterocycles. The molecule has 0 fully saturated rings. The van der Waals surface area contributed by atoms with E-state index >= 15 is 0 Å². The summed E-state index contributed by atoms with van der Waals surface area (Å²) in [5, 5.41) is 29.3. The number of hydroxylamine groups is 1. The molecule has 0 saturated heterocycles. The van der Waals surface area contributed by atoms with Crippen molar-refractivity contribution in [3.05, 3.63) is 77.9 Å². The number of carbonyl (C=O) groups excluding carboxylic acids is 2. The number of aromatic hydroxyl groups is 1. The summed E-state index contributed by atoms with van der Waals surface area (Å²) >= 11 is 0. The summed E-state index contributed by atoms with van der Waals surface area (Å²) in [6, 6.07) is 9.79. The Morgan fingerprint density at radius 3 is 1.94 bits per heavy atom. The van der Waals surface area contributed by atoms with Gasteiger partial charge in [-0.2, -0.15) is 5.48 Å². The van der Waals surface area contributed by atoms with Gasteiger partial charge in [-0.3, -0.25) is 9.59 Å². The lowest BCUT2D eigenvalue weighted by Gasteiger charge is -2.08. The maximum absolute atomic E-state index is 11.3. The summed E-state index contributed by atoms with van der Waals surface area (Å²) in [7, 11) is 0. The normalized spacial score (nSPS) is 9.44. The zero-order valence-corrected chi connectivity index (χ0v) is 17.3. The van der Waals surface area contributed by atoms with E-state index in [4.69, 9.17) is 15.1 Å². The van der Waals surface area contributed by atoms with E-state index in [1.165, 1.54) is 44.2 Å². The highest BCUT2D eigenvalue weighted by atomic mass is 16.7. The molecule has 0 atom stereocenters. The second-order valence-electron chi connectivity index (χ2n) is 6.39. The monoisotopic (exact) mass is 442 g/mol. The summed E-state index contributed by atoms with van der Waals surface area (Å²) < 4.78 is 0. The van der Waals surface area contributed by atoms with Crippen molar-refractivity contribution in [2.24, 2.45) is 0 Å². The van der Waals surface area contributed by atoms with Crippen molar-refractivity contribution in [2.45, 2.75) is 13.8 Å². The SMILES string of the molecule is C=C(C)C(=O)NOc1ccccc1C(=O)O.C=C(C)C(=O)Nc1ccc(O)c(C(=O)O)c1. The number of para-hydroxylation sites is 1. The molecule has 2 amide bonds. The highest BCUT2D eigenvalue weighted by molar-refractivity contribution is 6.03. The maximum atomic E-state index is 11.3. The highest BCUT2D eigenvalue weighted by Crippen LogP contribution is 2.21. The number of carbonyl (C=O) groups is 4. The van der Waals surface area contributed by atoms with E-state index in [1.54, 1.807) is 12.1 Å². The smallest absolute Gasteiger partial charge is 0.339 e. The standard InChI is InChI=1S/2C11H11NO4/c1-6(2)10(14)12-7-3-4-9(13)8(5-7)11(15)16;1-7(2)10(13)12-16-9-6-4-3-5-8(9)11(14)15/h3-5,13H,1H2,2H3,(H,12,14)(H,15,16);3-6H,1H2,2H3,(H,12,13)(H,14,15). The van der Waals surface area contributed by atoms with Crippen LogP contribution >= 0.6 is 0 Å². The van der Waals surface area contributed by atoms with Gasteiger partial charge in [0.2, 0.25) is 0 Å². The lowest BCUT2D eigenvalue weighted by molar-refractivity contribution is -0.123. The number of hydrogen-bond donors (Lipinski definition) is 5. The zero-order valence-electron chi connectivity index (χ0n) is 17.3. The van der Waals surface area contributed by atoms with Crippen molar-refractivity contribution < 1.29 is 39.3 Å². The van der Waals surface area contributed by atoms with Crippen molar-refractivity contribution in [2.75, 3.05) is 5.32 Å². The molecule has 0 spiro atoms. The number of carboxylic acid groups (broad SMARTS) is 2. The van der Waals surface area contributed by atoms with Crippen LogP contribution in [0.25, 0.3) is 0 Å². The molecular weight excluding hydrogens is 420 g/mol. The molecule has 5 N–H and O–H groups in total. The van der Waals surface area contributed by atoms with Gasteiger partial charge in [-0.1, -0.05) is 25.3 Å². The largest absolute Gasteiger partial charge is 0.507 e. The molecule has 2 rings (SSSR count). The molecule has 0 aliphatic carbocycles. The van der Waals surface area contributed by atoms with Gasteiger partial charge in [-0.05, 0) is 44.2 Å². The van der Waals surface area contributed by atoms with E-state index in [9.17, 15) is 24.3 Å². The van der Waals surface area contributed by atoms with E-state index in [-0.39, 0.29) is 28.2 Å². The molecule has 0 heterocycles. The van der Waals surface area contributed by atoms with Crippen LogP contribution in [0.4, 0.5) is 5.69 Å². The van der Waals surface area contributed by atoms with Gasteiger partial charge in [0.15, 0.2) is 5.75 Å². The van der Waals surface area contributed by atoms with Gasteiger partial charge in [-0.15, -0.1) is 0 Å². The Balaban J connectivity index is 0.000000320. The minimum atomic E-state index is -1.26. The van der Waals surface area contributed by atoms with Crippen LogP contribution in [0.5, 0.6) is 11.5 Å². The van der Waals surface area contributed by atoms with Crippen molar-refractivity contribution in [3.63, 3.8) is 0 Å². The molecule has 0 aliphatic rings. The average molecular weight is 442 g/mol. The number of carboxylic acids is 2. The average Bonchev–Trinajstić information content (AvgIpc) is 2.73. The third kappa shape index (κ3) is 7.67. The minimum absolute atomic E-state index is 0.0236. The van der Waals surface area contributed by atoms with Crippen LogP contribution in [0.15, 0.2) is 66.8 Å². The lowest BCUT2D eigenvalue weighted by atomic mass is 10.1. The molecular formula is C22H22N2O8. The Morgan fingerprint density at radius 2 is 1.41 bits per heavy atom. The van der Waals surface area contributed by atoms with E-state index in [1.807, 2.05) is 0 Å². The summed E-state index contributed by atoms with van der Waals surface area (Å²) in [6.07, 6.45) is 0. The molecule has 10 heteroatoms. The summed E-state index contributed by atoms with van der Waals surface area (Å²) in [4.78, 5) is 48.7. The van der Waals surface area contributed by atoms with Gasteiger partial charge in [0, 0.05) is 16.8 Å². The van der Waals surface area contributed by atoms with Crippen LogP contribution in [-0.4, -0.2) is 39.1 Å². The molecule has 0 bridgehead atoms. The Kier molecular flexibility index (Phi) is 9.18. The molecule has 10 nitrogen and oxygen atoms in total. The predicted octanol–water partition coefficient (Wildman–Crippen LogP) is 2.98. The predicted molar refractivity (Wildman–Crippen MR) is 115 cm³/mol. The number of amides is 2. The molecule has 0 radical (unpaired) electrons. The van der Waals surface area contributed by atoms with Gasteiger partial charge in [0.25, 0.3) is 11.8 Å². The molecule has 0 unspecified atom stereocenters. The van der Waals surface area contributed by atoms with Crippen LogP contribution in [-0.2, 0) is 9.59 Å². The molecule has 0 aliphatic heterocycles. The van der Waals surface area contributed by atoms with Crippen molar-refractivity contribution >= 4 is 29.4 Å². The van der Waals surface area contributed by atoms with Crippen LogP contribution in [0, 0.1) is 0 Å². The van der Waals surface area contributed by atoms with Crippen molar-refractivity contribution in [1.29, 1.82) is 0 Å². The van der Waals surface area contributed by atoms with E-state index in [0.717, 1.165) is 0 Å². The Hall–Kier alpha value is -4.60. The maximum Gasteiger partial charge on any atom is 0.339 e. The number of hydrogen-bond acceptors (Lipinski definition) is 6. The Labute approximate surface area is 183 Å². The van der Waals surface area contributed by atoms with Crippen LogP contribution in [0.1, 0.15) is 34.6 Å². The molecule has 2 aromatic carbocycles. The topological polar surface area (TPSA) is 162 Å². The van der Waals surface area contributed by atoms with Crippen LogP contribution < -0.4 is 15.6 Å². The fourth-order valence-corrected chi connectivity index (χ4v) is 1.94. The Morgan fingerprint density at radius 1 is 0.844 bits per heavy atom. The second kappa shape index (κ2) is 11.6. The van der Waals surface area contributed by atoms with Crippen LogP contribution in [0.3, 0.4) is 0 Å². The highest BCUT2D eigenvalue weighted by Gasteiger charge is 2.12. The number of rotatable bonds is 7. The molecule has 0 saturated carbocycles. The first-order valence-electron chi connectivity index (χ1n) is 8.92. The van der Waals surface area contributed by atoms with Gasteiger partial charge in [0.1, 0.15) is 16.9 Å². The Bertz CT molecular complexity index is 1080. The third-order valence-electron chi connectivity index (χ3n) is 3.63. The minimum Gasteiger partial charge on any atom is -0.507 e. The van der Waals surface area contributed by atoms with Crippen molar-refractivity contribution in [1.82, 2.24) is 5.48 Å². The van der Waals surface area contributed by atoms with Gasteiger partial charge in [-0.25, -0.2) is 9.59 Å². The number of anilines is 1. The molecule has 168 valence electrons. The van der Waals surface area contributed by atoms with Gasteiger partial charge >= 0.3 is 11.9 Å². The second-order valence-corrected chi connectivity index (χ2v) is 6.39. The van der Waals surface area contributed by atoms with Gasteiger partial charge < -0.3 is 25.5 Å². The number of phenols is 1. The number of aromatic carboxylic acids is 2. The number of nitrogens with one attached hydrogen (secondary N) is 2. The first-order chi connectivity index (χ1) is 14.9. The summed E-state index contributed by atoms with van der Waals surface area (Å²) in [5.74, 6) is -3.56. The van der Waals surface area contributed by atoms with Crippen LogP contribution in [0.2, 0.25) is 0 Å². The number of benzene rings is 2. The molecule has 2 aromatic rings. The van der Waals surface area contributed by atoms with E-state index in [2.05, 4.69) is 24.0 Å². The van der Waals surface area contributed by atoms with E-state index < -0.39 is 23.8 Å². The van der Waals surface area contributed by atoms with Gasteiger partial charge in [0.05, 0.1) is 0 Å².